The van der Waals surface area contributed by atoms with E-state index in [-0.39, 0.29) is 12.3 Å². The van der Waals surface area contributed by atoms with Crippen molar-refractivity contribution in [3.8, 4) is 0 Å². The Morgan fingerprint density at radius 1 is 1.26 bits per heavy atom. The Balaban J connectivity index is 1.83. The van der Waals surface area contributed by atoms with Gasteiger partial charge in [-0.1, -0.05) is 25.7 Å². The molecule has 0 bridgehead atoms. The molecule has 6 heteroatoms. The van der Waals surface area contributed by atoms with Gasteiger partial charge < -0.3 is 10.4 Å². The van der Waals surface area contributed by atoms with E-state index in [1.165, 1.54) is 19.3 Å². The number of hydrogen-bond donors (Lipinski definition) is 2. The zero-order valence-corrected chi connectivity index (χ0v) is 13.9. The summed E-state index contributed by atoms with van der Waals surface area (Å²) in [5.41, 5.74) is 1.64. The van der Waals surface area contributed by atoms with Gasteiger partial charge in [0.05, 0.1) is 11.3 Å². The largest absolute Gasteiger partial charge is 0.481 e. The third kappa shape index (κ3) is 5.37. The van der Waals surface area contributed by atoms with Crippen molar-refractivity contribution >= 4 is 11.9 Å². The molecule has 128 valence electrons. The molecule has 1 fully saturated rings. The smallest absolute Gasteiger partial charge is 0.303 e. The molecule has 0 unspecified atom stereocenters. The molecule has 0 spiro atoms. The van der Waals surface area contributed by atoms with Crippen molar-refractivity contribution in [3.05, 3.63) is 17.5 Å². The second kappa shape index (κ2) is 8.70. The first kappa shape index (κ1) is 17.5. The van der Waals surface area contributed by atoms with Gasteiger partial charge in [-0.3, -0.25) is 14.3 Å². The molecule has 0 atom stereocenters. The summed E-state index contributed by atoms with van der Waals surface area (Å²) in [5.74, 6) is -0.417. The number of amides is 1. The summed E-state index contributed by atoms with van der Waals surface area (Å²) in [5, 5.41) is 16.0. The van der Waals surface area contributed by atoms with Gasteiger partial charge in [0.1, 0.15) is 0 Å². The van der Waals surface area contributed by atoms with Crippen molar-refractivity contribution in [3.63, 3.8) is 0 Å². The highest BCUT2D eigenvalue weighted by Gasteiger charge is 2.24. The fourth-order valence-electron chi connectivity index (χ4n) is 3.23. The molecule has 0 aliphatic heterocycles. The van der Waals surface area contributed by atoms with Crippen LogP contribution in [-0.2, 0) is 11.8 Å². The summed E-state index contributed by atoms with van der Waals surface area (Å²) >= 11 is 0. The normalized spacial score (nSPS) is 15.5. The highest BCUT2D eigenvalue weighted by Crippen LogP contribution is 2.33. The second-order valence-electron chi connectivity index (χ2n) is 6.40. The number of carbonyl (C=O) groups excluding carboxylic acids is 1. The van der Waals surface area contributed by atoms with Crippen molar-refractivity contribution in [2.75, 3.05) is 6.54 Å². The first-order valence-corrected chi connectivity index (χ1v) is 8.61. The molecule has 1 amide bonds. The number of nitrogens with one attached hydrogen (secondary N) is 1. The minimum atomic E-state index is -0.762. The maximum Gasteiger partial charge on any atom is 0.303 e. The number of hydrogen-bond acceptors (Lipinski definition) is 3. The maximum absolute atomic E-state index is 12.4. The van der Waals surface area contributed by atoms with Crippen molar-refractivity contribution in [2.24, 2.45) is 7.05 Å². The standard InChI is InChI=1S/C17H27N3O3/c1-20-12-14(16(19-20)13-8-4-2-5-9-13)17(23)18-11-7-3-6-10-15(21)22/h12-13H,2-11H2,1H3,(H,18,23)(H,21,22). The van der Waals surface area contributed by atoms with Crippen LogP contribution in [0.1, 0.15) is 79.8 Å². The molecule has 1 heterocycles. The molecule has 1 aromatic heterocycles. The monoisotopic (exact) mass is 321 g/mol. The lowest BCUT2D eigenvalue weighted by atomic mass is 9.85. The van der Waals surface area contributed by atoms with Crippen molar-refractivity contribution in [2.45, 2.75) is 63.7 Å². The fourth-order valence-corrected chi connectivity index (χ4v) is 3.23. The Morgan fingerprint density at radius 2 is 2.00 bits per heavy atom. The Labute approximate surface area is 137 Å². The molecule has 0 saturated heterocycles. The number of aromatic nitrogens is 2. The first-order chi connectivity index (χ1) is 11.1. The van der Waals surface area contributed by atoms with Crippen LogP contribution in [-0.4, -0.2) is 33.3 Å². The van der Waals surface area contributed by atoms with Crippen molar-refractivity contribution in [1.82, 2.24) is 15.1 Å². The van der Waals surface area contributed by atoms with Gasteiger partial charge >= 0.3 is 5.97 Å². The van der Waals surface area contributed by atoms with Crippen LogP contribution in [0.15, 0.2) is 6.20 Å². The molecule has 2 N–H and O–H groups in total. The molecule has 0 radical (unpaired) electrons. The van der Waals surface area contributed by atoms with Crippen LogP contribution in [0.25, 0.3) is 0 Å². The Hall–Kier alpha value is -1.85. The van der Waals surface area contributed by atoms with Gasteiger partial charge in [0, 0.05) is 32.1 Å². The van der Waals surface area contributed by atoms with Crippen LogP contribution in [0.3, 0.4) is 0 Å². The van der Waals surface area contributed by atoms with Crippen LogP contribution in [0.2, 0.25) is 0 Å². The number of aliphatic carboxylic acids is 1. The number of nitrogens with zero attached hydrogens (tertiary/aromatic N) is 2. The lowest BCUT2D eigenvalue weighted by Crippen LogP contribution is -2.25. The number of unbranched alkanes of at least 4 members (excludes halogenated alkanes) is 2. The van der Waals surface area contributed by atoms with Gasteiger partial charge in [-0.25, -0.2) is 0 Å². The van der Waals surface area contributed by atoms with Gasteiger partial charge in [0.15, 0.2) is 0 Å². The average Bonchev–Trinajstić information content (AvgIpc) is 2.93. The van der Waals surface area contributed by atoms with Crippen LogP contribution >= 0.6 is 0 Å². The molecular weight excluding hydrogens is 294 g/mol. The summed E-state index contributed by atoms with van der Waals surface area (Å²) in [6.07, 6.45) is 10.2. The summed E-state index contributed by atoms with van der Waals surface area (Å²) in [6.45, 7) is 0.581. The number of carboxylic acid groups (broad SMARTS) is 1. The van der Waals surface area contributed by atoms with Crippen LogP contribution in [0, 0.1) is 0 Å². The molecule has 1 aliphatic rings. The third-order valence-electron chi connectivity index (χ3n) is 4.45. The van der Waals surface area contributed by atoms with Gasteiger partial charge in [0.25, 0.3) is 5.91 Å². The van der Waals surface area contributed by atoms with E-state index in [0.717, 1.165) is 31.4 Å². The van der Waals surface area contributed by atoms with Gasteiger partial charge in [0.2, 0.25) is 0 Å². The van der Waals surface area contributed by atoms with E-state index >= 15 is 0 Å². The molecule has 2 rings (SSSR count). The first-order valence-electron chi connectivity index (χ1n) is 8.61. The minimum Gasteiger partial charge on any atom is -0.481 e. The lowest BCUT2D eigenvalue weighted by Gasteiger charge is -2.20. The molecule has 0 aromatic carbocycles. The van der Waals surface area contributed by atoms with Crippen molar-refractivity contribution in [1.29, 1.82) is 0 Å². The van der Waals surface area contributed by atoms with E-state index in [9.17, 15) is 9.59 Å². The molecule has 6 nitrogen and oxygen atoms in total. The Bertz CT molecular complexity index is 533. The Kier molecular flexibility index (Phi) is 6.62. The zero-order chi connectivity index (χ0) is 16.7. The van der Waals surface area contributed by atoms with Crippen LogP contribution in [0.5, 0.6) is 0 Å². The summed E-state index contributed by atoms with van der Waals surface area (Å²) in [6, 6.07) is 0. The second-order valence-corrected chi connectivity index (χ2v) is 6.40. The highest BCUT2D eigenvalue weighted by molar-refractivity contribution is 5.95. The number of carbonyl (C=O) groups is 2. The molecular formula is C17H27N3O3. The van der Waals surface area contributed by atoms with Gasteiger partial charge in [-0.05, 0) is 25.7 Å². The Morgan fingerprint density at radius 3 is 2.70 bits per heavy atom. The minimum absolute atomic E-state index is 0.0584. The third-order valence-corrected chi connectivity index (χ3v) is 4.45. The predicted molar refractivity (Wildman–Crippen MR) is 87.5 cm³/mol. The molecule has 1 aromatic rings. The van der Waals surface area contributed by atoms with E-state index in [1.54, 1.807) is 4.68 Å². The average molecular weight is 321 g/mol. The van der Waals surface area contributed by atoms with E-state index < -0.39 is 5.97 Å². The highest BCUT2D eigenvalue weighted by atomic mass is 16.4. The zero-order valence-electron chi connectivity index (χ0n) is 13.9. The molecule has 1 saturated carbocycles. The lowest BCUT2D eigenvalue weighted by molar-refractivity contribution is -0.137. The summed E-state index contributed by atoms with van der Waals surface area (Å²) < 4.78 is 1.73. The summed E-state index contributed by atoms with van der Waals surface area (Å²) in [4.78, 5) is 22.8. The van der Waals surface area contributed by atoms with Gasteiger partial charge in [-0.2, -0.15) is 5.10 Å². The quantitative estimate of drug-likeness (QED) is 0.721. The molecule has 1 aliphatic carbocycles. The maximum atomic E-state index is 12.4. The van der Waals surface area contributed by atoms with Crippen molar-refractivity contribution < 1.29 is 14.7 Å². The van der Waals surface area contributed by atoms with E-state index in [4.69, 9.17) is 5.11 Å². The van der Waals surface area contributed by atoms with Gasteiger partial charge in [-0.15, -0.1) is 0 Å². The molecule has 23 heavy (non-hydrogen) atoms. The topological polar surface area (TPSA) is 84.2 Å². The summed E-state index contributed by atoms with van der Waals surface area (Å²) in [7, 11) is 1.86. The van der Waals surface area contributed by atoms with E-state index in [0.29, 0.717) is 24.4 Å². The fraction of sp³-hybridized carbons (Fsp3) is 0.706. The number of carboxylic acids is 1. The van der Waals surface area contributed by atoms with E-state index in [1.807, 2.05) is 13.2 Å². The van der Waals surface area contributed by atoms with Crippen LogP contribution in [0.4, 0.5) is 0 Å². The van der Waals surface area contributed by atoms with Crippen LogP contribution < -0.4 is 5.32 Å². The van der Waals surface area contributed by atoms with E-state index in [2.05, 4.69) is 10.4 Å². The SMILES string of the molecule is Cn1cc(C(=O)NCCCCCC(=O)O)c(C2CCCCC2)n1. The number of aryl methyl sites for hydroxylation is 1. The predicted octanol–water partition coefficient (Wildman–Crippen LogP) is 2.84. The number of rotatable bonds is 8.